The molecule has 0 amide bonds. The van der Waals surface area contributed by atoms with Crippen LogP contribution in [0.2, 0.25) is 0 Å². The fraction of sp³-hybridized carbons (Fsp3) is 1.00. The number of rotatable bonds is 2. The van der Waals surface area contributed by atoms with Crippen molar-refractivity contribution in [1.82, 2.24) is 5.32 Å². The van der Waals surface area contributed by atoms with Crippen molar-refractivity contribution in [3.8, 4) is 0 Å². The fourth-order valence-corrected chi connectivity index (χ4v) is 0.585. The summed E-state index contributed by atoms with van der Waals surface area (Å²) < 4.78 is 0.253. The van der Waals surface area contributed by atoms with Gasteiger partial charge in [-0.25, -0.2) is 0 Å². The molecule has 0 aliphatic carbocycles. The predicted octanol–water partition coefficient (Wildman–Crippen LogP) is -2.33. The summed E-state index contributed by atoms with van der Waals surface area (Å²) in [6, 6.07) is 0. The standard InChI is InChI=1S/C2H6NO3.Au/c1-3-2(4,5)6;/h3-6H,1H2;. The normalized spacial score (nSPS) is 12.1. The predicted molar refractivity (Wildman–Crippen MR) is 17.4 cm³/mol. The maximum absolute atomic E-state index is 8.01. The summed E-state index contributed by atoms with van der Waals surface area (Å²) >= 11 is 1.98. The Hall–Kier alpha value is 0.580. The molecule has 5 heteroatoms. The molecule has 0 saturated heterocycles. The Morgan fingerprint density at radius 2 is 1.86 bits per heavy atom. The van der Waals surface area contributed by atoms with Crippen molar-refractivity contribution < 1.29 is 36.4 Å². The third-order valence-corrected chi connectivity index (χ3v) is 0.673. The maximum atomic E-state index is 8.01. The van der Waals surface area contributed by atoms with E-state index in [9.17, 15) is 0 Å². The molecule has 48 valence electrons. The van der Waals surface area contributed by atoms with Crippen molar-refractivity contribution in [3.05, 3.63) is 0 Å². The van der Waals surface area contributed by atoms with Crippen molar-refractivity contribution in [2.24, 2.45) is 0 Å². The quantitative estimate of drug-likeness (QED) is 0.340. The second kappa shape index (κ2) is 2.78. The van der Waals surface area contributed by atoms with Gasteiger partial charge < -0.3 is 0 Å². The Labute approximate surface area is 53.1 Å². The molecule has 0 aliphatic rings. The van der Waals surface area contributed by atoms with Crippen molar-refractivity contribution in [3.63, 3.8) is 0 Å². The van der Waals surface area contributed by atoms with Gasteiger partial charge in [-0.1, -0.05) is 0 Å². The van der Waals surface area contributed by atoms with Gasteiger partial charge in [0.2, 0.25) is 0 Å². The molecule has 0 bridgehead atoms. The number of nitrogens with one attached hydrogen (secondary N) is 1. The van der Waals surface area contributed by atoms with E-state index in [0.29, 0.717) is 0 Å². The van der Waals surface area contributed by atoms with E-state index in [4.69, 9.17) is 15.3 Å². The molecular weight excluding hydrogens is 283 g/mol. The molecule has 0 aliphatic heterocycles. The van der Waals surface area contributed by atoms with E-state index in [0.717, 1.165) is 0 Å². The first-order valence-electron chi connectivity index (χ1n) is 1.49. The van der Waals surface area contributed by atoms with E-state index in [-0.39, 0.29) is 4.76 Å². The second-order valence-electron chi connectivity index (χ2n) is 0.919. The monoisotopic (exact) mass is 289 g/mol. The van der Waals surface area contributed by atoms with Gasteiger partial charge in [-0.15, -0.1) is 0 Å². The SMILES string of the molecule is OC(O)(O)N[CH2][Au]. The molecule has 0 atom stereocenters. The van der Waals surface area contributed by atoms with Crippen molar-refractivity contribution >= 4 is 0 Å². The summed E-state index contributed by atoms with van der Waals surface area (Å²) in [7, 11) is 0. The molecule has 0 heterocycles. The number of hydrogen-bond acceptors (Lipinski definition) is 4. The topological polar surface area (TPSA) is 72.7 Å². The van der Waals surface area contributed by atoms with Crippen LogP contribution >= 0.6 is 0 Å². The minimum absolute atomic E-state index is 0.253. The van der Waals surface area contributed by atoms with Crippen LogP contribution in [0.4, 0.5) is 0 Å². The zero-order valence-corrected chi connectivity index (χ0v) is 5.52. The summed E-state index contributed by atoms with van der Waals surface area (Å²) in [4.78, 5) is 0. The summed E-state index contributed by atoms with van der Waals surface area (Å²) in [6.07, 6.45) is -2.71. The summed E-state index contributed by atoms with van der Waals surface area (Å²) in [5.74, 6) is 0. The molecule has 0 spiro atoms. The van der Waals surface area contributed by atoms with Crippen LogP contribution in [-0.4, -0.2) is 26.2 Å². The van der Waals surface area contributed by atoms with Crippen molar-refractivity contribution in [1.29, 1.82) is 0 Å². The van der Waals surface area contributed by atoms with Crippen LogP contribution in [0.5, 0.6) is 0 Å². The van der Waals surface area contributed by atoms with Gasteiger partial charge in [0.15, 0.2) is 0 Å². The van der Waals surface area contributed by atoms with Gasteiger partial charge in [0.1, 0.15) is 0 Å². The minimum atomic E-state index is -2.71. The zero-order valence-electron chi connectivity index (χ0n) is 3.35. The van der Waals surface area contributed by atoms with Gasteiger partial charge in [-0.3, -0.25) is 0 Å². The third-order valence-electron chi connectivity index (χ3n) is 0.290. The summed E-state index contributed by atoms with van der Waals surface area (Å²) in [5.41, 5.74) is 0. The zero-order chi connectivity index (χ0) is 5.91. The molecule has 4 nitrogen and oxygen atoms in total. The number of hydrogen-bond donors (Lipinski definition) is 4. The fourth-order valence-electron chi connectivity index (χ4n) is 0.0715. The second-order valence-corrected chi connectivity index (χ2v) is 1.68. The number of aliphatic hydroxyl groups is 3. The van der Waals surface area contributed by atoms with Gasteiger partial charge in [-0.05, 0) is 0 Å². The van der Waals surface area contributed by atoms with Crippen molar-refractivity contribution in [2.75, 3.05) is 4.76 Å². The van der Waals surface area contributed by atoms with Gasteiger partial charge in [0, 0.05) is 0 Å². The van der Waals surface area contributed by atoms with Gasteiger partial charge in [0.05, 0.1) is 0 Å². The Morgan fingerprint density at radius 1 is 1.43 bits per heavy atom. The summed E-state index contributed by atoms with van der Waals surface area (Å²) in [6.45, 7) is 0. The van der Waals surface area contributed by atoms with Crippen LogP contribution in [0, 0.1) is 0 Å². The van der Waals surface area contributed by atoms with E-state index < -0.39 is 6.10 Å². The average Bonchev–Trinajstić information content (AvgIpc) is 1.30. The molecule has 4 N–H and O–H groups in total. The average molecular weight is 289 g/mol. The van der Waals surface area contributed by atoms with Crippen LogP contribution in [0.3, 0.4) is 0 Å². The molecular formula is C2H6AuNO3. The van der Waals surface area contributed by atoms with E-state index in [1.165, 1.54) is 0 Å². The molecule has 0 fully saturated rings. The first-order valence-corrected chi connectivity index (χ1v) is 3.02. The first-order chi connectivity index (χ1) is 3.06. The molecule has 0 aromatic rings. The Morgan fingerprint density at radius 3 is 1.86 bits per heavy atom. The molecule has 0 radical (unpaired) electrons. The van der Waals surface area contributed by atoms with Gasteiger partial charge in [-0.2, -0.15) is 0 Å². The third kappa shape index (κ3) is 6.58. The van der Waals surface area contributed by atoms with Crippen LogP contribution in [0.25, 0.3) is 0 Å². The van der Waals surface area contributed by atoms with Crippen LogP contribution < -0.4 is 5.32 Å². The first kappa shape index (κ1) is 7.58. The van der Waals surface area contributed by atoms with Crippen molar-refractivity contribution in [2.45, 2.75) is 6.10 Å². The van der Waals surface area contributed by atoms with E-state index >= 15 is 0 Å². The van der Waals surface area contributed by atoms with Gasteiger partial charge >= 0.3 is 52.6 Å². The van der Waals surface area contributed by atoms with Crippen LogP contribution in [-0.2, 0) is 21.1 Å². The molecule has 7 heavy (non-hydrogen) atoms. The molecule has 0 aromatic carbocycles. The molecule has 0 unspecified atom stereocenters. The molecule has 0 aromatic heterocycles. The summed E-state index contributed by atoms with van der Waals surface area (Å²) in [5, 5.41) is 26.0. The Balaban J connectivity index is 3.15. The van der Waals surface area contributed by atoms with Crippen LogP contribution in [0.1, 0.15) is 0 Å². The molecule has 0 saturated carbocycles. The molecule has 0 rings (SSSR count). The van der Waals surface area contributed by atoms with E-state index in [2.05, 4.69) is 0 Å². The van der Waals surface area contributed by atoms with Crippen LogP contribution in [0.15, 0.2) is 0 Å². The van der Waals surface area contributed by atoms with E-state index in [1.54, 1.807) is 0 Å². The van der Waals surface area contributed by atoms with E-state index in [1.807, 2.05) is 26.4 Å². The van der Waals surface area contributed by atoms with Gasteiger partial charge in [0.25, 0.3) is 0 Å². The Kier molecular flexibility index (Phi) is 3.01. The Bertz CT molecular complexity index is 51.4.